The van der Waals surface area contributed by atoms with E-state index in [2.05, 4.69) is 5.32 Å². The van der Waals surface area contributed by atoms with Crippen molar-refractivity contribution in [1.82, 2.24) is 5.32 Å². The highest BCUT2D eigenvalue weighted by Gasteiger charge is 2.46. The summed E-state index contributed by atoms with van der Waals surface area (Å²) in [7, 11) is 0. The van der Waals surface area contributed by atoms with Gasteiger partial charge in [-0.05, 0) is 67.1 Å². The minimum atomic E-state index is -1.11. The largest absolute Gasteiger partial charge is 0.348 e. The Labute approximate surface area is 213 Å². The molecule has 0 atom stereocenters. The molecule has 0 saturated carbocycles. The molecule has 1 aliphatic heterocycles. The lowest BCUT2D eigenvalue weighted by molar-refractivity contribution is -0.122. The Hall–Kier alpha value is -2.95. The fraction of sp³-hybridized carbons (Fsp3) is 0.231. The van der Waals surface area contributed by atoms with E-state index in [1.807, 2.05) is 22.6 Å². The lowest BCUT2D eigenvalue weighted by atomic mass is 9.86. The Bertz CT molecular complexity index is 1330. The van der Waals surface area contributed by atoms with Crippen LogP contribution in [0.2, 0.25) is 0 Å². The van der Waals surface area contributed by atoms with Crippen LogP contribution in [0.3, 0.4) is 0 Å². The SMILES string of the molecule is Cc1cccc(F)c1CN1C(=O)C(C)(C)c2c(I)cc(C(=O)NCc3c(F)cc(F)cc3F)cc21. The summed E-state index contributed by atoms with van der Waals surface area (Å²) >= 11 is 2.03. The van der Waals surface area contributed by atoms with Crippen molar-refractivity contribution in [2.75, 3.05) is 4.90 Å². The van der Waals surface area contributed by atoms with Crippen molar-refractivity contribution in [3.63, 3.8) is 0 Å². The molecule has 2 amide bonds. The zero-order valence-corrected chi connectivity index (χ0v) is 21.3. The van der Waals surface area contributed by atoms with Gasteiger partial charge in [0, 0.05) is 44.5 Å². The molecule has 0 bridgehead atoms. The molecule has 4 nitrogen and oxygen atoms in total. The van der Waals surface area contributed by atoms with Gasteiger partial charge >= 0.3 is 0 Å². The Morgan fingerprint density at radius 1 is 1.00 bits per heavy atom. The lowest BCUT2D eigenvalue weighted by Crippen LogP contribution is -2.36. The lowest BCUT2D eigenvalue weighted by Gasteiger charge is -2.21. The maximum Gasteiger partial charge on any atom is 0.251 e. The highest BCUT2D eigenvalue weighted by molar-refractivity contribution is 14.1. The van der Waals surface area contributed by atoms with E-state index in [1.54, 1.807) is 39.0 Å². The monoisotopic (exact) mass is 596 g/mol. The van der Waals surface area contributed by atoms with E-state index in [1.165, 1.54) is 17.0 Å². The second kappa shape index (κ2) is 9.25. The fourth-order valence-electron chi connectivity index (χ4n) is 4.30. The Balaban J connectivity index is 1.68. The van der Waals surface area contributed by atoms with Crippen molar-refractivity contribution in [2.24, 2.45) is 0 Å². The smallest absolute Gasteiger partial charge is 0.251 e. The summed E-state index contributed by atoms with van der Waals surface area (Å²) in [4.78, 5) is 27.7. The van der Waals surface area contributed by atoms with Gasteiger partial charge in [-0.15, -0.1) is 0 Å². The van der Waals surface area contributed by atoms with Crippen molar-refractivity contribution in [3.8, 4) is 0 Å². The van der Waals surface area contributed by atoms with Gasteiger partial charge in [0.1, 0.15) is 23.3 Å². The summed E-state index contributed by atoms with van der Waals surface area (Å²) in [6, 6.07) is 8.86. The molecule has 0 spiro atoms. The van der Waals surface area contributed by atoms with Crippen LogP contribution in [0.5, 0.6) is 0 Å². The number of amides is 2. The number of hydrogen-bond acceptors (Lipinski definition) is 2. The van der Waals surface area contributed by atoms with Crippen LogP contribution in [0.15, 0.2) is 42.5 Å². The first kappa shape index (κ1) is 25.2. The number of hydrogen-bond donors (Lipinski definition) is 1. The van der Waals surface area contributed by atoms with E-state index >= 15 is 0 Å². The van der Waals surface area contributed by atoms with Crippen LogP contribution in [-0.2, 0) is 23.3 Å². The van der Waals surface area contributed by atoms with Crippen LogP contribution in [0.4, 0.5) is 23.2 Å². The van der Waals surface area contributed by atoms with Crippen LogP contribution < -0.4 is 10.2 Å². The van der Waals surface area contributed by atoms with Crippen molar-refractivity contribution < 1.29 is 27.2 Å². The molecule has 0 aromatic heterocycles. The van der Waals surface area contributed by atoms with Gasteiger partial charge in [0.15, 0.2) is 0 Å². The molecule has 182 valence electrons. The number of fused-ring (bicyclic) bond motifs is 1. The highest BCUT2D eigenvalue weighted by atomic mass is 127. The molecule has 0 fully saturated rings. The van der Waals surface area contributed by atoms with Crippen molar-refractivity contribution in [2.45, 2.75) is 39.3 Å². The second-order valence-electron chi connectivity index (χ2n) is 8.93. The third-order valence-corrected chi connectivity index (χ3v) is 7.08. The summed E-state index contributed by atoms with van der Waals surface area (Å²) in [5, 5.41) is 2.44. The summed E-state index contributed by atoms with van der Waals surface area (Å²) in [5.74, 6) is -4.57. The van der Waals surface area contributed by atoms with Gasteiger partial charge in [0.25, 0.3) is 5.91 Å². The molecule has 9 heteroatoms. The third-order valence-electron chi connectivity index (χ3n) is 6.23. The number of anilines is 1. The number of rotatable bonds is 5. The maximum atomic E-state index is 14.5. The van der Waals surface area contributed by atoms with E-state index in [0.717, 1.165) is 0 Å². The van der Waals surface area contributed by atoms with Gasteiger partial charge in [0.2, 0.25) is 5.91 Å². The van der Waals surface area contributed by atoms with Crippen molar-refractivity contribution in [3.05, 3.63) is 97.1 Å². The molecule has 1 N–H and O–H groups in total. The van der Waals surface area contributed by atoms with Gasteiger partial charge in [-0.25, -0.2) is 17.6 Å². The average Bonchev–Trinajstić information content (AvgIpc) is 2.95. The number of nitrogens with one attached hydrogen (secondary N) is 1. The Kier molecular flexibility index (Phi) is 6.65. The van der Waals surface area contributed by atoms with Crippen LogP contribution in [0.25, 0.3) is 0 Å². The van der Waals surface area contributed by atoms with Crippen LogP contribution in [0, 0.1) is 33.8 Å². The topological polar surface area (TPSA) is 49.4 Å². The quantitative estimate of drug-likeness (QED) is 0.294. The maximum absolute atomic E-state index is 14.5. The summed E-state index contributed by atoms with van der Waals surface area (Å²) in [5.41, 5.74) is 1.04. The molecule has 0 radical (unpaired) electrons. The summed E-state index contributed by atoms with van der Waals surface area (Å²) in [6.07, 6.45) is 0. The van der Waals surface area contributed by atoms with Crippen LogP contribution >= 0.6 is 22.6 Å². The first-order valence-corrected chi connectivity index (χ1v) is 11.8. The fourth-order valence-corrected chi connectivity index (χ4v) is 5.59. The van der Waals surface area contributed by atoms with Gasteiger partial charge in [-0.2, -0.15) is 0 Å². The number of carbonyl (C=O) groups is 2. The predicted octanol–water partition coefficient (Wildman–Crippen LogP) is 5.91. The molecule has 3 aromatic rings. The molecule has 35 heavy (non-hydrogen) atoms. The zero-order chi connectivity index (χ0) is 25.7. The standard InChI is InChI=1S/C26H21F4IN2O2/c1-13-5-4-6-18(28)17(13)12-33-22-8-14(7-21(31)23(22)26(2,3)25(33)35)24(34)32-11-16-19(29)9-15(27)10-20(16)30/h4-10H,11-12H2,1-3H3,(H,32,34). The van der Waals surface area contributed by atoms with Gasteiger partial charge in [-0.3, -0.25) is 9.59 Å². The summed E-state index contributed by atoms with van der Waals surface area (Å²) in [6.45, 7) is 4.79. The van der Waals surface area contributed by atoms with E-state index < -0.39 is 46.7 Å². The number of halogens is 5. The molecule has 1 aliphatic rings. The van der Waals surface area contributed by atoms with Gasteiger partial charge in [-0.1, -0.05) is 12.1 Å². The molecule has 3 aromatic carbocycles. The normalized spacial score (nSPS) is 14.3. The molecular formula is C26H21F4IN2O2. The number of aryl methyl sites for hydroxylation is 1. The van der Waals surface area contributed by atoms with Crippen LogP contribution in [0.1, 0.15) is 46.5 Å². The highest BCUT2D eigenvalue weighted by Crippen LogP contribution is 2.45. The average molecular weight is 596 g/mol. The van der Waals surface area contributed by atoms with Crippen molar-refractivity contribution in [1.29, 1.82) is 0 Å². The van der Waals surface area contributed by atoms with E-state index in [-0.39, 0.29) is 18.0 Å². The molecule has 4 rings (SSSR count). The van der Waals surface area contributed by atoms with E-state index in [4.69, 9.17) is 0 Å². The minimum absolute atomic E-state index is 0.0130. The number of benzene rings is 3. The minimum Gasteiger partial charge on any atom is -0.348 e. The molecule has 1 heterocycles. The summed E-state index contributed by atoms with van der Waals surface area (Å²) < 4.78 is 56.3. The van der Waals surface area contributed by atoms with E-state index in [0.29, 0.717) is 38.1 Å². The first-order chi connectivity index (χ1) is 16.4. The predicted molar refractivity (Wildman–Crippen MR) is 132 cm³/mol. The molecular weight excluding hydrogens is 575 g/mol. The zero-order valence-electron chi connectivity index (χ0n) is 19.1. The molecule has 0 saturated heterocycles. The van der Waals surface area contributed by atoms with Crippen molar-refractivity contribution >= 4 is 40.1 Å². The Morgan fingerprint density at radius 2 is 1.66 bits per heavy atom. The molecule has 0 unspecified atom stereocenters. The van der Waals surface area contributed by atoms with Gasteiger partial charge in [0.05, 0.1) is 17.6 Å². The molecule has 0 aliphatic carbocycles. The number of carbonyl (C=O) groups excluding carboxylic acids is 2. The first-order valence-electron chi connectivity index (χ1n) is 10.7. The Morgan fingerprint density at radius 3 is 2.29 bits per heavy atom. The second-order valence-corrected chi connectivity index (χ2v) is 10.1. The number of nitrogens with zero attached hydrogens (tertiary/aromatic N) is 1. The third kappa shape index (κ3) is 4.53. The van der Waals surface area contributed by atoms with Gasteiger partial charge < -0.3 is 10.2 Å². The van der Waals surface area contributed by atoms with E-state index in [9.17, 15) is 27.2 Å². The van der Waals surface area contributed by atoms with Crippen LogP contribution in [-0.4, -0.2) is 11.8 Å².